The number of benzene rings is 2. The van der Waals surface area contributed by atoms with Crippen LogP contribution in [0.15, 0.2) is 53.5 Å². The zero-order valence-corrected chi connectivity index (χ0v) is 20.5. The molecular weight excluding hydrogens is 498 g/mol. The van der Waals surface area contributed by atoms with Crippen LogP contribution in [-0.4, -0.2) is 40.5 Å². The zero-order chi connectivity index (χ0) is 23.3. The average molecular weight is 524 g/mol. The first kappa shape index (κ1) is 24.6. The van der Waals surface area contributed by atoms with E-state index in [-0.39, 0.29) is 21.3 Å². The number of halogens is 4. The van der Waals surface area contributed by atoms with Crippen LogP contribution in [0.1, 0.15) is 25.8 Å². The van der Waals surface area contributed by atoms with Crippen molar-refractivity contribution in [1.29, 1.82) is 0 Å². The highest BCUT2D eigenvalue weighted by Gasteiger charge is 2.30. The van der Waals surface area contributed by atoms with Crippen molar-refractivity contribution in [3.8, 4) is 0 Å². The van der Waals surface area contributed by atoms with E-state index in [0.717, 1.165) is 25.7 Å². The standard InChI is InChI=1S/C22H20BrClF2N4.C2H6/c1-2-6-15-13-29(12-14-7-4-3-5-8-14)9-10-30(15)21-18-19(23)16(25)11-17(26)20(18)27-22(24)28-21;1-2/h2-5,7-8,11,15H,1,6,9-10,12-13H2;1-2H3/t15-;/m1./s1. The number of anilines is 1. The lowest BCUT2D eigenvalue weighted by atomic mass is 10.1. The van der Waals surface area contributed by atoms with Gasteiger partial charge in [-0.25, -0.2) is 13.8 Å². The molecule has 4 nitrogen and oxygen atoms in total. The Morgan fingerprint density at radius 1 is 1.16 bits per heavy atom. The molecule has 1 aliphatic heterocycles. The third-order valence-electron chi connectivity index (χ3n) is 5.30. The number of aromatic nitrogens is 2. The SMILES string of the molecule is C=CC[C@@H]1CN(Cc2ccccc2)CCN1c1nc(Cl)nc2c(F)cc(F)c(Br)c12.CC. The van der Waals surface area contributed by atoms with Gasteiger partial charge in [-0.2, -0.15) is 4.98 Å². The molecule has 0 amide bonds. The quantitative estimate of drug-likeness (QED) is 0.214. The van der Waals surface area contributed by atoms with E-state index in [1.54, 1.807) is 0 Å². The lowest BCUT2D eigenvalue weighted by molar-refractivity contribution is 0.214. The van der Waals surface area contributed by atoms with E-state index in [1.807, 2.05) is 38.1 Å². The van der Waals surface area contributed by atoms with E-state index in [4.69, 9.17) is 11.6 Å². The summed E-state index contributed by atoms with van der Waals surface area (Å²) >= 11 is 9.36. The summed E-state index contributed by atoms with van der Waals surface area (Å²) < 4.78 is 28.9. The maximum absolute atomic E-state index is 14.5. The summed E-state index contributed by atoms with van der Waals surface area (Å²) in [7, 11) is 0. The molecule has 0 saturated carbocycles. The number of hydrogen-bond donors (Lipinski definition) is 0. The maximum atomic E-state index is 14.5. The van der Waals surface area contributed by atoms with E-state index < -0.39 is 11.6 Å². The van der Waals surface area contributed by atoms with Gasteiger partial charge < -0.3 is 4.90 Å². The summed E-state index contributed by atoms with van der Waals surface area (Å²) in [5.74, 6) is -1.03. The van der Waals surface area contributed by atoms with Crippen molar-refractivity contribution >= 4 is 44.3 Å². The third kappa shape index (κ3) is 5.27. The van der Waals surface area contributed by atoms with Crippen LogP contribution in [0.4, 0.5) is 14.6 Å². The molecule has 1 saturated heterocycles. The molecule has 8 heteroatoms. The molecule has 170 valence electrons. The van der Waals surface area contributed by atoms with Crippen LogP contribution >= 0.6 is 27.5 Å². The molecule has 0 unspecified atom stereocenters. The van der Waals surface area contributed by atoms with Gasteiger partial charge in [0.2, 0.25) is 5.28 Å². The molecule has 0 N–H and O–H groups in total. The second-order valence-electron chi connectivity index (χ2n) is 7.29. The van der Waals surface area contributed by atoms with Crippen molar-refractivity contribution in [2.45, 2.75) is 32.9 Å². The first-order valence-electron chi connectivity index (χ1n) is 10.6. The molecule has 1 atom stereocenters. The van der Waals surface area contributed by atoms with E-state index in [9.17, 15) is 8.78 Å². The summed E-state index contributed by atoms with van der Waals surface area (Å²) in [4.78, 5) is 12.8. The van der Waals surface area contributed by atoms with Crippen molar-refractivity contribution in [3.63, 3.8) is 0 Å². The van der Waals surface area contributed by atoms with Crippen LogP contribution in [0.5, 0.6) is 0 Å². The van der Waals surface area contributed by atoms with Gasteiger partial charge in [0.05, 0.1) is 9.86 Å². The molecule has 0 radical (unpaired) electrons. The molecule has 4 rings (SSSR count). The van der Waals surface area contributed by atoms with Gasteiger partial charge in [-0.05, 0) is 39.5 Å². The van der Waals surface area contributed by atoms with Crippen molar-refractivity contribution < 1.29 is 8.78 Å². The molecular formula is C24H26BrClF2N4. The number of piperazine rings is 1. The molecule has 0 bridgehead atoms. The Morgan fingerprint density at radius 2 is 1.88 bits per heavy atom. The Morgan fingerprint density at radius 3 is 2.56 bits per heavy atom. The second-order valence-corrected chi connectivity index (χ2v) is 8.42. The van der Waals surface area contributed by atoms with Crippen LogP contribution in [0, 0.1) is 11.6 Å². The van der Waals surface area contributed by atoms with E-state index in [2.05, 4.69) is 54.4 Å². The average Bonchev–Trinajstić information content (AvgIpc) is 2.79. The first-order valence-corrected chi connectivity index (χ1v) is 11.8. The van der Waals surface area contributed by atoms with Gasteiger partial charge in [0.1, 0.15) is 17.2 Å². The first-order chi connectivity index (χ1) is 15.5. The predicted molar refractivity (Wildman–Crippen MR) is 131 cm³/mol. The number of nitrogens with zero attached hydrogens (tertiary/aromatic N) is 4. The Hall–Kier alpha value is -2.09. The highest BCUT2D eigenvalue weighted by molar-refractivity contribution is 9.10. The Labute approximate surface area is 201 Å². The fraction of sp³-hybridized carbons (Fsp3) is 0.333. The number of rotatable bonds is 5. The zero-order valence-electron chi connectivity index (χ0n) is 18.2. The summed E-state index contributed by atoms with van der Waals surface area (Å²) in [6.45, 7) is 10.9. The third-order valence-corrected chi connectivity index (χ3v) is 6.24. The van der Waals surface area contributed by atoms with Crippen molar-refractivity contribution in [1.82, 2.24) is 14.9 Å². The Balaban J connectivity index is 0.00000141. The van der Waals surface area contributed by atoms with E-state index >= 15 is 0 Å². The van der Waals surface area contributed by atoms with Gasteiger partial charge in [0.15, 0.2) is 5.82 Å². The van der Waals surface area contributed by atoms with Crippen LogP contribution in [0.25, 0.3) is 10.9 Å². The Kier molecular flexibility index (Phi) is 8.57. The summed E-state index contributed by atoms with van der Waals surface area (Å²) in [5, 5.41) is 0.224. The van der Waals surface area contributed by atoms with Gasteiger partial charge in [-0.1, -0.05) is 50.3 Å². The van der Waals surface area contributed by atoms with Crippen molar-refractivity contribution in [2.75, 3.05) is 24.5 Å². The molecule has 0 spiro atoms. The molecule has 2 heterocycles. The summed E-state index contributed by atoms with van der Waals surface area (Å²) in [6.07, 6.45) is 2.55. The second kappa shape index (κ2) is 11.2. The molecule has 32 heavy (non-hydrogen) atoms. The van der Waals surface area contributed by atoms with Crippen LogP contribution in [0.3, 0.4) is 0 Å². The molecule has 3 aromatic rings. The minimum absolute atomic E-state index is 0.00217. The van der Waals surface area contributed by atoms with Crippen molar-refractivity contribution in [3.05, 3.63) is 76.0 Å². The monoisotopic (exact) mass is 522 g/mol. The lowest BCUT2D eigenvalue weighted by Gasteiger charge is -2.42. The minimum atomic E-state index is -0.765. The molecule has 1 aromatic heterocycles. The highest BCUT2D eigenvalue weighted by Crippen LogP contribution is 2.37. The lowest BCUT2D eigenvalue weighted by Crippen LogP contribution is -2.53. The van der Waals surface area contributed by atoms with Crippen LogP contribution < -0.4 is 4.90 Å². The van der Waals surface area contributed by atoms with Crippen LogP contribution in [-0.2, 0) is 6.54 Å². The summed E-state index contributed by atoms with van der Waals surface area (Å²) in [5.41, 5.74) is 1.24. The van der Waals surface area contributed by atoms with Crippen molar-refractivity contribution in [2.24, 2.45) is 0 Å². The maximum Gasteiger partial charge on any atom is 0.225 e. The van der Waals surface area contributed by atoms with Gasteiger partial charge >= 0.3 is 0 Å². The Bertz CT molecular complexity index is 1080. The highest BCUT2D eigenvalue weighted by atomic mass is 79.9. The largest absolute Gasteiger partial charge is 0.350 e. The number of fused-ring (bicyclic) bond motifs is 1. The van der Waals surface area contributed by atoms with Gasteiger partial charge in [0, 0.05) is 38.3 Å². The molecule has 1 aliphatic rings. The van der Waals surface area contributed by atoms with E-state index in [1.165, 1.54) is 5.56 Å². The summed E-state index contributed by atoms with van der Waals surface area (Å²) in [6, 6.07) is 11.1. The minimum Gasteiger partial charge on any atom is -0.350 e. The topological polar surface area (TPSA) is 32.3 Å². The van der Waals surface area contributed by atoms with E-state index in [0.29, 0.717) is 24.2 Å². The predicted octanol–water partition coefficient (Wildman–Crippen LogP) is 6.62. The van der Waals surface area contributed by atoms with Gasteiger partial charge in [-0.3, -0.25) is 4.90 Å². The fourth-order valence-electron chi connectivity index (χ4n) is 3.95. The molecule has 0 aliphatic carbocycles. The fourth-order valence-corrected chi connectivity index (χ4v) is 4.59. The van der Waals surface area contributed by atoms with Gasteiger partial charge in [0.25, 0.3) is 0 Å². The molecule has 1 fully saturated rings. The molecule has 2 aromatic carbocycles. The van der Waals surface area contributed by atoms with Gasteiger partial charge in [-0.15, -0.1) is 6.58 Å². The number of hydrogen-bond acceptors (Lipinski definition) is 4. The smallest absolute Gasteiger partial charge is 0.225 e. The van der Waals surface area contributed by atoms with Crippen LogP contribution in [0.2, 0.25) is 5.28 Å². The normalized spacial score (nSPS) is 16.6.